The van der Waals surface area contributed by atoms with E-state index in [-0.39, 0.29) is 17.8 Å². The molecule has 2 aromatic carbocycles. The van der Waals surface area contributed by atoms with E-state index in [0.29, 0.717) is 25.2 Å². The summed E-state index contributed by atoms with van der Waals surface area (Å²) >= 11 is 0. The number of halogens is 1. The van der Waals surface area contributed by atoms with Crippen LogP contribution in [-0.4, -0.2) is 43.0 Å². The number of hydrogen-bond acceptors (Lipinski definition) is 4. The van der Waals surface area contributed by atoms with E-state index in [9.17, 15) is 9.18 Å². The van der Waals surface area contributed by atoms with Crippen molar-refractivity contribution in [1.29, 1.82) is 5.41 Å². The zero-order valence-corrected chi connectivity index (χ0v) is 15.4. The van der Waals surface area contributed by atoms with Gasteiger partial charge in [-0.15, -0.1) is 0 Å². The fourth-order valence-electron chi connectivity index (χ4n) is 3.27. The standard InChI is InChI=1S/C20H23FN4O2/c1-14-4-3-5-17(10-14)25-9-8-24(12-15(25)2)20(26)23-16-6-7-19(27-13-22)18(21)11-16/h3-7,10-11,13,15,22H,8-9,12H2,1-2H3,(H,23,26). The molecule has 0 aromatic heterocycles. The van der Waals surface area contributed by atoms with Crippen molar-refractivity contribution in [2.45, 2.75) is 19.9 Å². The van der Waals surface area contributed by atoms with Gasteiger partial charge in [0.1, 0.15) is 0 Å². The predicted molar refractivity (Wildman–Crippen MR) is 104 cm³/mol. The zero-order valence-electron chi connectivity index (χ0n) is 15.4. The van der Waals surface area contributed by atoms with E-state index in [1.807, 2.05) is 6.07 Å². The van der Waals surface area contributed by atoms with Gasteiger partial charge in [0, 0.05) is 43.1 Å². The Labute approximate surface area is 158 Å². The van der Waals surface area contributed by atoms with E-state index >= 15 is 0 Å². The summed E-state index contributed by atoms with van der Waals surface area (Å²) in [6.07, 6.45) is 0.659. The maximum absolute atomic E-state index is 13.9. The molecule has 1 saturated heterocycles. The molecule has 1 heterocycles. The second-order valence-corrected chi connectivity index (χ2v) is 6.64. The van der Waals surface area contributed by atoms with Crippen LogP contribution in [-0.2, 0) is 0 Å². The minimum Gasteiger partial charge on any atom is -0.443 e. The normalized spacial score (nSPS) is 16.8. The molecule has 0 radical (unpaired) electrons. The summed E-state index contributed by atoms with van der Waals surface area (Å²) < 4.78 is 18.6. The number of benzene rings is 2. The Morgan fingerprint density at radius 2 is 2.11 bits per heavy atom. The Kier molecular flexibility index (Phi) is 5.59. The summed E-state index contributed by atoms with van der Waals surface area (Å²) in [7, 11) is 0. The van der Waals surface area contributed by atoms with Crippen LogP contribution in [0.2, 0.25) is 0 Å². The van der Waals surface area contributed by atoms with Crippen molar-refractivity contribution in [2.75, 3.05) is 29.9 Å². The second kappa shape index (κ2) is 8.07. The maximum atomic E-state index is 13.9. The molecule has 1 aliphatic rings. The number of ether oxygens (including phenoxy) is 1. The lowest BCUT2D eigenvalue weighted by molar-refractivity contribution is 0.200. The monoisotopic (exact) mass is 370 g/mol. The van der Waals surface area contributed by atoms with Crippen molar-refractivity contribution < 1.29 is 13.9 Å². The number of hydrogen-bond donors (Lipinski definition) is 2. The van der Waals surface area contributed by atoms with Crippen LogP contribution in [0.5, 0.6) is 5.75 Å². The van der Waals surface area contributed by atoms with Gasteiger partial charge in [0.25, 0.3) is 0 Å². The average Bonchev–Trinajstić information content (AvgIpc) is 2.64. The Hall–Kier alpha value is -3.09. The van der Waals surface area contributed by atoms with Gasteiger partial charge < -0.3 is 19.9 Å². The first kappa shape index (κ1) is 18.7. The number of nitrogens with one attached hydrogen (secondary N) is 2. The van der Waals surface area contributed by atoms with Crippen LogP contribution in [0.4, 0.5) is 20.6 Å². The van der Waals surface area contributed by atoms with Crippen LogP contribution in [0.25, 0.3) is 0 Å². The minimum absolute atomic E-state index is 0.0524. The molecule has 7 heteroatoms. The van der Waals surface area contributed by atoms with Gasteiger partial charge in [-0.05, 0) is 43.7 Å². The van der Waals surface area contributed by atoms with Crippen LogP contribution < -0.4 is 15.0 Å². The number of carbonyl (C=O) groups is 1. The third-order valence-electron chi connectivity index (χ3n) is 4.62. The lowest BCUT2D eigenvalue weighted by Crippen LogP contribution is -2.54. The number of piperazine rings is 1. The van der Waals surface area contributed by atoms with Crippen molar-refractivity contribution in [2.24, 2.45) is 0 Å². The summed E-state index contributed by atoms with van der Waals surface area (Å²) in [6.45, 7) is 6.05. The minimum atomic E-state index is -0.631. The second-order valence-electron chi connectivity index (χ2n) is 6.64. The van der Waals surface area contributed by atoms with Gasteiger partial charge in [0.2, 0.25) is 0 Å². The lowest BCUT2D eigenvalue weighted by Gasteiger charge is -2.41. The zero-order chi connectivity index (χ0) is 19.4. The van der Waals surface area contributed by atoms with Crippen molar-refractivity contribution in [3.05, 3.63) is 53.8 Å². The highest BCUT2D eigenvalue weighted by atomic mass is 19.1. The molecule has 0 aliphatic carbocycles. The van der Waals surface area contributed by atoms with Crippen LogP contribution in [0.15, 0.2) is 42.5 Å². The fraction of sp³-hybridized carbons (Fsp3) is 0.300. The van der Waals surface area contributed by atoms with Crippen LogP contribution >= 0.6 is 0 Å². The van der Waals surface area contributed by atoms with Crippen molar-refractivity contribution in [3.8, 4) is 5.75 Å². The average molecular weight is 370 g/mol. The molecule has 2 aromatic rings. The van der Waals surface area contributed by atoms with Gasteiger partial charge in [-0.1, -0.05) is 12.1 Å². The number of aryl methyl sites for hydroxylation is 1. The highest BCUT2D eigenvalue weighted by Gasteiger charge is 2.27. The first-order valence-corrected chi connectivity index (χ1v) is 8.82. The van der Waals surface area contributed by atoms with Gasteiger partial charge in [-0.25, -0.2) is 9.18 Å². The van der Waals surface area contributed by atoms with Crippen LogP contribution in [0, 0.1) is 18.2 Å². The summed E-state index contributed by atoms with van der Waals surface area (Å²) in [6, 6.07) is 12.4. The van der Waals surface area contributed by atoms with Crippen LogP contribution in [0.3, 0.4) is 0 Å². The molecule has 2 amide bonds. The summed E-state index contributed by atoms with van der Waals surface area (Å²) in [5.41, 5.74) is 2.72. The molecule has 0 saturated carbocycles. The molecule has 1 aliphatic heterocycles. The molecule has 1 unspecified atom stereocenters. The molecule has 0 spiro atoms. The topological polar surface area (TPSA) is 68.7 Å². The molecule has 1 fully saturated rings. The van der Waals surface area contributed by atoms with Gasteiger partial charge in [0.05, 0.1) is 0 Å². The highest BCUT2D eigenvalue weighted by molar-refractivity contribution is 5.89. The number of rotatable bonds is 4. The quantitative estimate of drug-likeness (QED) is 0.634. The van der Waals surface area contributed by atoms with E-state index in [0.717, 1.165) is 12.2 Å². The summed E-state index contributed by atoms with van der Waals surface area (Å²) in [5, 5.41) is 9.57. The highest BCUT2D eigenvalue weighted by Crippen LogP contribution is 2.23. The molecule has 142 valence electrons. The summed E-state index contributed by atoms with van der Waals surface area (Å²) in [5.74, 6) is -0.683. The van der Waals surface area contributed by atoms with E-state index in [2.05, 4.69) is 42.3 Å². The first-order valence-electron chi connectivity index (χ1n) is 8.82. The van der Waals surface area contributed by atoms with Crippen molar-refractivity contribution in [1.82, 2.24) is 4.90 Å². The molecule has 3 rings (SSSR count). The van der Waals surface area contributed by atoms with Crippen molar-refractivity contribution >= 4 is 23.8 Å². The fourth-order valence-corrected chi connectivity index (χ4v) is 3.27. The van der Waals surface area contributed by atoms with E-state index in [4.69, 9.17) is 10.1 Å². The third-order valence-corrected chi connectivity index (χ3v) is 4.62. The third kappa shape index (κ3) is 4.36. The number of carbonyl (C=O) groups excluding carboxylic acids is 1. The molecule has 6 nitrogen and oxygen atoms in total. The smallest absolute Gasteiger partial charge is 0.321 e. The number of anilines is 2. The van der Waals surface area contributed by atoms with E-state index < -0.39 is 5.82 Å². The number of nitrogens with zero attached hydrogens (tertiary/aromatic N) is 2. The van der Waals surface area contributed by atoms with Crippen molar-refractivity contribution in [3.63, 3.8) is 0 Å². The Morgan fingerprint density at radius 1 is 1.30 bits per heavy atom. The lowest BCUT2D eigenvalue weighted by atomic mass is 10.1. The van der Waals surface area contributed by atoms with E-state index in [1.165, 1.54) is 17.7 Å². The van der Waals surface area contributed by atoms with Gasteiger partial charge in [-0.2, -0.15) is 0 Å². The Balaban J connectivity index is 1.62. The molecule has 27 heavy (non-hydrogen) atoms. The Morgan fingerprint density at radius 3 is 2.78 bits per heavy atom. The SMILES string of the molecule is Cc1cccc(N2CCN(C(=O)Nc3ccc(OC=N)c(F)c3)CC2C)c1. The Bertz CT molecular complexity index is 842. The molecular weight excluding hydrogens is 347 g/mol. The molecule has 1 atom stereocenters. The van der Waals surface area contributed by atoms with Crippen LogP contribution in [0.1, 0.15) is 12.5 Å². The van der Waals surface area contributed by atoms with Gasteiger partial charge in [0.15, 0.2) is 18.0 Å². The largest absolute Gasteiger partial charge is 0.443 e. The molecule has 0 bridgehead atoms. The maximum Gasteiger partial charge on any atom is 0.321 e. The first-order chi connectivity index (χ1) is 13.0. The van der Waals surface area contributed by atoms with E-state index in [1.54, 1.807) is 11.0 Å². The summed E-state index contributed by atoms with van der Waals surface area (Å²) in [4.78, 5) is 16.6. The number of amides is 2. The predicted octanol–water partition coefficient (Wildman–Crippen LogP) is 3.86. The van der Waals surface area contributed by atoms with Gasteiger partial charge in [-0.3, -0.25) is 5.41 Å². The molecular formula is C20H23FN4O2. The molecule has 2 N–H and O–H groups in total. The number of urea groups is 1. The van der Waals surface area contributed by atoms with Gasteiger partial charge >= 0.3 is 6.03 Å².